The van der Waals surface area contributed by atoms with E-state index in [-0.39, 0.29) is 46.3 Å². The van der Waals surface area contributed by atoms with Gasteiger partial charge in [-0.25, -0.2) is 8.42 Å². The SMILES string of the molecule is CCS(=O)(=O)c1ccc(O)c(NC(=O)C2CCNCC2)c1.Cl. The van der Waals surface area contributed by atoms with E-state index >= 15 is 0 Å². The smallest absolute Gasteiger partial charge is 0.227 e. The van der Waals surface area contributed by atoms with Gasteiger partial charge in [-0.1, -0.05) is 6.92 Å². The molecule has 0 radical (unpaired) electrons. The predicted octanol–water partition coefficient (Wildman–Crippen LogP) is 1.55. The van der Waals surface area contributed by atoms with Crippen LogP contribution in [-0.4, -0.2) is 38.3 Å². The van der Waals surface area contributed by atoms with Crippen LogP contribution < -0.4 is 10.6 Å². The van der Waals surface area contributed by atoms with Crippen molar-refractivity contribution in [2.75, 3.05) is 24.2 Å². The summed E-state index contributed by atoms with van der Waals surface area (Å²) in [7, 11) is -3.37. The fraction of sp³-hybridized carbons (Fsp3) is 0.500. The normalized spacial score (nSPS) is 15.9. The Balaban J connectivity index is 0.00000242. The molecule has 1 heterocycles. The molecule has 0 atom stereocenters. The molecule has 3 N–H and O–H groups in total. The average molecular weight is 349 g/mol. The van der Waals surface area contributed by atoms with Crippen LogP contribution >= 0.6 is 12.4 Å². The molecule has 1 aliphatic heterocycles. The van der Waals surface area contributed by atoms with E-state index in [1.807, 2.05) is 0 Å². The Hall–Kier alpha value is -1.31. The molecule has 0 unspecified atom stereocenters. The van der Waals surface area contributed by atoms with Gasteiger partial charge in [-0.2, -0.15) is 0 Å². The first-order chi connectivity index (χ1) is 9.94. The van der Waals surface area contributed by atoms with Crippen LogP contribution in [0.3, 0.4) is 0 Å². The van der Waals surface area contributed by atoms with Gasteiger partial charge in [-0.05, 0) is 44.1 Å². The summed E-state index contributed by atoms with van der Waals surface area (Å²) < 4.78 is 23.7. The van der Waals surface area contributed by atoms with E-state index in [4.69, 9.17) is 0 Å². The van der Waals surface area contributed by atoms with E-state index in [1.54, 1.807) is 6.92 Å². The molecule has 0 saturated carbocycles. The van der Waals surface area contributed by atoms with E-state index in [0.717, 1.165) is 25.9 Å². The van der Waals surface area contributed by atoms with Crippen LogP contribution in [0, 0.1) is 5.92 Å². The Morgan fingerprint density at radius 3 is 2.59 bits per heavy atom. The van der Waals surface area contributed by atoms with Crippen molar-refractivity contribution in [1.29, 1.82) is 0 Å². The number of amides is 1. The number of sulfone groups is 1. The minimum absolute atomic E-state index is 0. The lowest BCUT2D eigenvalue weighted by molar-refractivity contribution is -0.120. The molecule has 2 rings (SSSR count). The minimum Gasteiger partial charge on any atom is -0.506 e. The summed E-state index contributed by atoms with van der Waals surface area (Å²) >= 11 is 0. The summed E-state index contributed by atoms with van der Waals surface area (Å²) in [5, 5.41) is 15.6. The number of phenolic OH excluding ortho intramolecular Hbond substituents is 1. The first-order valence-electron chi connectivity index (χ1n) is 7.01. The highest BCUT2D eigenvalue weighted by atomic mass is 35.5. The van der Waals surface area contributed by atoms with Gasteiger partial charge in [0.15, 0.2) is 9.84 Å². The molecule has 1 aromatic rings. The van der Waals surface area contributed by atoms with Crippen LogP contribution in [0.5, 0.6) is 5.75 Å². The lowest BCUT2D eigenvalue weighted by atomic mass is 9.97. The van der Waals surface area contributed by atoms with Crippen LogP contribution in [-0.2, 0) is 14.6 Å². The second-order valence-electron chi connectivity index (χ2n) is 5.10. The van der Waals surface area contributed by atoms with Crippen molar-refractivity contribution < 1.29 is 18.3 Å². The molecule has 1 saturated heterocycles. The Bertz CT molecular complexity index is 628. The van der Waals surface area contributed by atoms with Crippen molar-refractivity contribution >= 4 is 33.8 Å². The van der Waals surface area contributed by atoms with Crippen LogP contribution in [0.15, 0.2) is 23.1 Å². The summed E-state index contributed by atoms with van der Waals surface area (Å²) in [6, 6.07) is 3.95. The quantitative estimate of drug-likeness (QED) is 0.717. The van der Waals surface area contributed by atoms with Crippen LogP contribution in [0.2, 0.25) is 0 Å². The number of aromatic hydroxyl groups is 1. The number of rotatable bonds is 4. The van der Waals surface area contributed by atoms with Gasteiger partial charge in [0, 0.05) is 5.92 Å². The Morgan fingerprint density at radius 2 is 2.00 bits per heavy atom. The van der Waals surface area contributed by atoms with Crippen molar-refractivity contribution in [2.24, 2.45) is 5.92 Å². The molecule has 0 aliphatic carbocycles. The highest BCUT2D eigenvalue weighted by Gasteiger charge is 2.22. The van der Waals surface area contributed by atoms with Gasteiger partial charge in [0.2, 0.25) is 5.91 Å². The van der Waals surface area contributed by atoms with Gasteiger partial charge in [0.05, 0.1) is 16.3 Å². The number of nitrogens with one attached hydrogen (secondary N) is 2. The van der Waals surface area contributed by atoms with Gasteiger partial charge >= 0.3 is 0 Å². The first kappa shape index (κ1) is 18.7. The Kier molecular flexibility index (Phi) is 6.65. The zero-order valence-corrected chi connectivity index (χ0v) is 14.0. The highest BCUT2D eigenvalue weighted by Crippen LogP contribution is 2.28. The lowest BCUT2D eigenvalue weighted by Gasteiger charge is -2.22. The molecule has 1 fully saturated rings. The standard InChI is InChI=1S/C14H20N2O4S.ClH/c1-2-21(19,20)11-3-4-13(17)12(9-11)16-14(18)10-5-7-15-8-6-10;/h3-4,9-10,15,17H,2,5-8H2,1H3,(H,16,18);1H. The molecule has 6 nitrogen and oxygen atoms in total. The summed E-state index contributed by atoms with van der Waals surface area (Å²) in [6.45, 7) is 3.12. The van der Waals surface area contributed by atoms with E-state index in [0.29, 0.717) is 0 Å². The number of hydrogen-bond donors (Lipinski definition) is 3. The fourth-order valence-corrected chi connectivity index (χ4v) is 3.20. The number of halogens is 1. The number of benzene rings is 1. The van der Waals surface area contributed by atoms with Crippen LogP contribution in [0.4, 0.5) is 5.69 Å². The third kappa shape index (κ3) is 4.34. The Morgan fingerprint density at radius 1 is 1.36 bits per heavy atom. The van der Waals surface area contributed by atoms with Crippen molar-refractivity contribution in [3.05, 3.63) is 18.2 Å². The molecule has 1 amide bonds. The molecular formula is C14H21ClN2O4S. The highest BCUT2D eigenvalue weighted by molar-refractivity contribution is 7.91. The van der Waals surface area contributed by atoms with Crippen molar-refractivity contribution in [2.45, 2.75) is 24.7 Å². The third-order valence-electron chi connectivity index (χ3n) is 3.67. The number of hydrogen-bond acceptors (Lipinski definition) is 5. The summed E-state index contributed by atoms with van der Waals surface area (Å²) in [4.78, 5) is 12.3. The Labute approximate surface area is 136 Å². The molecule has 1 aliphatic rings. The van der Waals surface area contributed by atoms with Crippen LogP contribution in [0.1, 0.15) is 19.8 Å². The molecule has 0 bridgehead atoms. The van der Waals surface area contributed by atoms with Gasteiger partial charge in [0.25, 0.3) is 0 Å². The van der Waals surface area contributed by atoms with E-state index in [1.165, 1.54) is 18.2 Å². The van der Waals surface area contributed by atoms with Gasteiger partial charge < -0.3 is 15.7 Å². The monoisotopic (exact) mass is 348 g/mol. The number of piperidine rings is 1. The number of phenols is 1. The summed E-state index contributed by atoms with van der Waals surface area (Å²) in [5.41, 5.74) is 0.146. The molecule has 0 aromatic heterocycles. The molecular weight excluding hydrogens is 328 g/mol. The van der Waals surface area contributed by atoms with E-state index < -0.39 is 9.84 Å². The molecule has 22 heavy (non-hydrogen) atoms. The predicted molar refractivity (Wildman–Crippen MR) is 87.3 cm³/mol. The van der Waals surface area contributed by atoms with Crippen molar-refractivity contribution in [3.8, 4) is 5.75 Å². The van der Waals surface area contributed by atoms with Gasteiger partial charge in [-0.15, -0.1) is 12.4 Å². The second-order valence-corrected chi connectivity index (χ2v) is 7.37. The maximum atomic E-state index is 12.2. The van der Waals surface area contributed by atoms with E-state index in [9.17, 15) is 18.3 Å². The first-order valence-corrected chi connectivity index (χ1v) is 8.66. The minimum atomic E-state index is -3.37. The van der Waals surface area contributed by atoms with Crippen LogP contribution in [0.25, 0.3) is 0 Å². The number of carbonyl (C=O) groups is 1. The largest absolute Gasteiger partial charge is 0.506 e. The lowest BCUT2D eigenvalue weighted by Crippen LogP contribution is -2.34. The van der Waals surface area contributed by atoms with Gasteiger partial charge in [-0.3, -0.25) is 4.79 Å². The molecule has 124 valence electrons. The maximum Gasteiger partial charge on any atom is 0.227 e. The number of anilines is 1. The van der Waals surface area contributed by atoms with Crippen molar-refractivity contribution in [1.82, 2.24) is 5.32 Å². The summed E-state index contributed by atoms with van der Waals surface area (Å²) in [6.07, 6.45) is 1.47. The fourth-order valence-electron chi connectivity index (χ4n) is 2.29. The third-order valence-corrected chi connectivity index (χ3v) is 5.41. The molecule has 0 spiro atoms. The number of carbonyl (C=O) groups excluding carboxylic acids is 1. The second kappa shape index (κ2) is 7.80. The molecule has 1 aromatic carbocycles. The summed E-state index contributed by atoms with van der Waals surface area (Å²) in [5.74, 6) is -0.457. The zero-order chi connectivity index (χ0) is 15.5. The average Bonchev–Trinajstić information content (AvgIpc) is 2.50. The van der Waals surface area contributed by atoms with E-state index in [2.05, 4.69) is 10.6 Å². The zero-order valence-electron chi connectivity index (χ0n) is 12.3. The topological polar surface area (TPSA) is 95.5 Å². The molecule has 8 heteroatoms. The van der Waals surface area contributed by atoms with Gasteiger partial charge in [0.1, 0.15) is 5.75 Å². The van der Waals surface area contributed by atoms with Crippen molar-refractivity contribution in [3.63, 3.8) is 0 Å². The maximum absolute atomic E-state index is 12.2.